The number of anilines is 1. The summed E-state index contributed by atoms with van der Waals surface area (Å²) in [6, 6.07) is 7.83. The average molecular weight is 419 g/mol. The molecule has 0 N–H and O–H groups in total. The Balaban J connectivity index is 0.000000401. The zero-order chi connectivity index (χ0) is 22.4. The van der Waals surface area contributed by atoms with Crippen molar-refractivity contribution >= 4 is 17.6 Å². The number of aldehydes is 1. The minimum Gasteiger partial charge on any atom is -0.355 e. The molecule has 7 nitrogen and oxygen atoms in total. The van der Waals surface area contributed by atoms with Crippen LogP contribution in [0.3, 0.4) is 0 Å². The number of fused-ring (bicyclic) bond motifs is 1. The van der Waals surface area contributed by atoms with Crippen LogP contribution >= 0.6 is 0 Å². The fraction of sp³-hybridized carbons (Fsp3) is 0.458. The molecule has 0 spiro atoms. The van der Waals surface area contributed by atoms with Crippen LogP contribution < -0.4 is 4.90 Å². The van der Waals surface area contributed by atoms with E-state index in [1.54, 1.807) is 18.6 Å². The minimum absolute atomic E-state index is 0.139. The average Bonchev–Trinajstić information content (AvgIpc) is 3.19. The molecule has 162 valence electrons. The highest BCUT2D eigenvalue weighted by molar-refractivity contribution is 5.79. The summed E-state index contributed by atoms with van der Waals surface area (Å²) >= 11 is 0. The third kappa shape index (κ3) is 5.26. The summed E-state index contributed by atoms with van der Waals surface area (Å²) in [5, 5.41) is 13.7. The van der Waals surface area contributed by atoms with Crippen molar-refractivity contribution < 1.29 is 4.79 Å². The lowest BCUT2D eigenvalue weighted by Crippen LogP contribution is -2.30. The van der Waals surface area contributed by atoms with E-state index in [0.29, 0.717) is 5.56 Å². The van der Waals surface area contributed by atoms with Gasteiger partial charge in [-0.05, 0) is 49.4 Å². The van der Waals surface area contributed by atoms with Gasteiger partial charge in [0.2, 0.25) is 0 Å². The fourth-order valence-corrected chi connectivity index (χ4v) is 3.53. The van der Waals surface area contributed by atoms with Crippen molar-refractivity contribution in [2.75, 3.05) is 18.0 Å². The number of carbonyl (C=O) groups excluding carboxylic acids is 1. The first kappa shape index (κ1) is 22.4. The molecule has 7 heteroatoms. The van der Waals surface area contributed by atoms with Crippen molar-refractivity contribution in [3.05, 3.63) is 41.9 Å². The molecule has 4 rings (SSSR count). The van der Waals surface area contributed by atoms with Gasteiger partial charge < -0.3 is 9.69 Å². The Labute approximate surface area is 183 Å². The molecule has 0 atom stereocenters. The van der Waals surface area contributed by atoms with Crippen molar-refractivity contribution in [3.63, 3.8) is 0 Å². The Hall–Kier alpha value is -3.27. The van der Waals surface area contributed by atoms with Crippen LogP contribution in [0.4, 0.5) is 5.82 Å². The van der Waals surface area contributed by atoms with Crippen LogP contribution in [0.15, 0.2) is 30.7 Å². The van der Waals surface area contributed by atoms with Crippen LogP contribution in [-0.4, -0.2) is 39.0 Å². The molecule has 0 radical (unpaired) electrons. The van der Waals surface area contributed by atoms with E-state index < -0.39 is 0 Å². The molecular weight excluding hydrogens is 388 g/mol. The van der Waals surface area contributed by atoms with E-state index in [2.05, 4.69) is 39.0 Å². The molecule has 0 aromatic carbocycles. The lowest BCUT2D eigenvalue weighted by Gasteiger charge is -2.28. The van der Waals surface area contributed by atoms with E-state index in [1.807, 2.05) is 31.4 Å². The standard InChI is InChI=1S/C19H20N6.C5H10O/c1-2-15-11-17(16-10-14(12-20)6-7-21-16)25-18(15)19(22-13-23-25)24-8-4-3-5-9-24;1-5(2,3)4-6/h6-7,10-11,13H,2-5,8-9H2,1H3;4H,1-3H3. The maximum atomic E-state index is 9.83. The van der Waals surface area contributed by atoms with Gasteiger partial charge in [0, 0.05) is 24.7 Å². The monoisotopic (exact) mass is 418 g/mol. The molecular formula is C24H30N6O. The van der Waals surface area contributed by atoms with Crippen LogP contribution in [0.2, 0.25) is 0 Å². The summed E-state index contributed by atoms with van der Waals surface area (Å²) in [5.41, 5.74) is 4.40. The molecule has 3 aromatic rings. The molecule has 1 fully saturated rings. The third-order valence-electron chi connectivity index (χ3n) is 5.16. The van der Waals surface area contributed by atoms with E-state index in [1.165, 1.54) is 24.8 Å². The van der Waals surface area contributed by atoms with Crippen LogP contribution in [-0.2, 0) is 11.2 Å². The summed E-state index contributed by atoms with van der Waals surface area (Å²) in [6.45, 7) is 9.85. The number of carbonyl (C=O) groups is 1. The normalized spacial score (nSPS) is 14.0. The molecule has 1 aliphatic rings. The quantitative estimate of drug-likeness (QED) is 0.584. The van der Waals surface area contributed by atoms with Gasteiger partial charge in [0.05, 0.1) is 23.0 Å². The van der Waals surface area contributed by atoms with Gasteiger partial charge in [-0.15, -0.1) is 0 Å². The first-order chi connectivity index (χ1) is 14.9. The first-order valence-electron chi connectivity index (χ1n) is 10.8. The maximum absolute atomic E-state index is 9.83. The Morgan fingerprint density at radius 3 is 2.48 bits per heavy atom. The zero-order valence-electron chi connectivity index (χ0n) is 18.8. The fourth-order valence-electron chi connectivity index (χ4n) is 3.53. The molecule has 4 heterocycles. The van der Waals surface area contributed by atoms with Crippen molar-refractivity contribution in [1.82, 2.24) is 19.6 Å². The van der Waals surface area contributed by atoms with Gasteiger partial charge in [-0.25, -0.2) is 9.50 Å². The van der Waals surface area contributed by atoms with Gasteiger partial charge in [-0.2, -0.15) is 10.4 Å². The minimum atomic E-state index is -0.139. The SMILES string of the molecule is CC(C)(C)C=O.CCc1cc(-c2cc(C#N)ccn2)n2ncnc(N3CCCCC3)c12. The van der Waals surface area contributed by atoms with E-state index in [4.69, 9.17) is 0 Å². The Kier molecular flexibility index (Phi) is 7.01. The molecule has 31 heavy (non-hydrogen) atoms. The van der Waals surface area contributed by atoms with Crippen molar-refractivity contribution in [1.29, 1.82) is 5.26 Å². The summed E-state index contributed by atoms with van der Waals surface area (Å²) in [6.07, 6.45) is 8.83. The molecule has 0 bridgehead atoms. The van der Waals surface area contributed by atoms with Gasteiger partial charge in [-0.3, -0.25) is 4.98 Å². The van der Waals surface area contributed by atoms with Gasteiger partial charge in [0.25, 0.3) is 0 Å². The smallest absolute Gasteiger partial charge is 0.156 e. The zero-order valence-corrected chi connectivity index (χ0v) is 18.8. The summed E-state index contributed by atoms with van der Waals surface area (Å²) < 4.78 is 1.93. The number of hydrogen-bond donors (Lipinski definition) is 0. The molecule has 1 aliphatic heterocycles. The van der Waals surface area contributed by atoms with E-state index in [9.17, 15) is 10.1 Å². The topological polar surface area (TPSA) is 87.2 Å². The first-order valence-corrected chi connectivity index (χ1v) is 10.8. The lowest BCUT2D eigenvalue weighted by atomic mass is 10.0. The van der Waals surface area contributed by atoms with Crippen LogP contribution in [0.1, 0.15) is 58.1 Å². The Morgan fingerprint density at radius 1 is 1.16 bits per heavy atom. The Morgan fingerprint density at radius 2 is 1.87 bits per heavy atom. The van der Waals surface area contributed by atoms with E-state index in [0.717, 1.165) is 48.5 Å². The molecule has 0 saturated carbocycles. The van der Waals surface area contributed by atoms with E-state index in [-0.39, 0.29) is 5.41 Å². The number of nitrogens with zero attached hydrogens (tertiary/aromatic N) is 6. The molecule has 0 amide bonds. The second kappa shape index (κ2) is 9.69. The summed E-state index contributed by atoms with van der Waals surface area (Å²) in [4.78, 5) is 21.2. The third-order valence-corrected chi connectivity index (χ3v) is 5.16. The second-order valence-electron chi connectivity index (χ2n) is 8.83. The number of aromatic nitrogens is 4. The maximum Gasteiger partial charge on any atom is 0.156 e. The number of aryl methyl sites for hydroxylation is 1. The molecule has 1 saturated heterocycles. The van der Waals surface area contributed by atoms with Crippen LogP contribution in [0.25, 0.3) is 16.9 Å². The van der Waals surface area contributed by atoms with Gasteiger partial charge >= 0.3 is 0 Å². The van der Waals surface area contributed by atoms with Gasteiger partial charge in [0.15, 0.2) is 5.82 Å². The second-order valence-corrected chi connectivity index (χ2v) is 8.83. The van der Waals surface area contributed by atoms with Gasteiger partial charge in [0.1, 0.15) is 18.1 Å². The predicted octanol–water partition coefficient (Wildman–Crippen LogP) is 4.45. The number of pyridine rings is 1. The molecule has 3 aromatic heterocycles. The van der Waals surface area contributed by atoms with Crippen molar-refractivity contribution in [3.8, 4) is 17.5 Å². The largest absolute Gasteiger partial charge is 0.355 e. The number of piperidine rings is 1. The molecule has 0 unspecified atom stereocenters. The lowest BCUT2D eigenvalue weighted by molar-refractivity contribution is -0.113. The predicted molar refractivity (Wildman–Crippen MR) is 122 cm³/mol. The number of hydrogen-bond acceptors (Lipinski definition) is 6. The van der Waals surface area contributed by atoms with Crippen LogP contribution in [0, 0.1) is 16.7 Å². The number of nitriles is 1. The summed E-state index contributed by atoms with van der Waals surface area (Å²) in [7, 11) is 0. The van der Waals surface area contributed by atoms with Crippen LogP contribution in [0.5, 0.6) is 0 Å². The highest BCUT2D eigenvalue weighted by Gasteiger charge is 2.21. The van der Waals surface area contributed by atoms with Crippen molar-refractivity contribution in [2.45, 2.75) is 53.4 Å². The highest BCUT2D eigenvalue weighted by atomic mass is 16.1. The van der Waals surface area contributed by atoms with E-state index >= 15 is 0 Å². The highest BCUT2D eigenvalue weighted by Crippen LogP contribution is 2.31. The Bertz CT molecular complexity index is 1080. The summed E-state index contributed by atoms with van der Waals surface area (Å²) in [5.74, 6) is 1.01. The van der Waals surface area contributed by atoms with Gasteiger partial charge in [-0.1, -0.05) is 27.7 Å². The van der Waals surface area contributed by atoms with Crippen molar-refractivity contribution in [2.24, 2.45) is 5.41 Å². The number of rotatable bonds is 3. The molecule has 0 aliphatic carbocycles.